The molecule has 0 aliphatic heterocycles. The Morgan fingerprint density at radius 1 is 1.37 bits per heavy atom. The van der Waals surface area contributed by atoms with Gasteiger partial charge < -0.3 is 4.57 Å². The minimum atomic E-state index is -0.423. The molecule has 0 bridgehead atoms. The highest BCUT2D eigenvalue weighted by Crippen LogP contribution is 2.21. The van der Waals surface area contributed by atoms with E-state index in [-0.39, 0.29) is 10.8 Å². The topological polar surface area (TPSA) is 22.0 Å². The van der Waals surface area contributed by atoms with Gasteiger partial charge in [0.05, 0.1) is 5.02 Å². The fourth-order valence-corrected chi connectivity index (χ4v) is 2.13. The molecule has 100 valence electrons. The smallest absolute Gasteiger partial charge is 0.164 e. The molecule has 0 saturated heterocycles. The van der Waals surface area contributed by atoms with Gasteiger partial charge in [-0.15, -0.1) is 0 Å². The molecule has 0 atom stereocenters. The van der Waals surface area contributed by atoms with Crippen LogP contribution in [0.2, 0.25) is 5.02 Å². The van der Waals surface area contributed by atoms with Crippen molar-refractivity contribution in [3.63, 3.8) is 0 Å². The largest absolute Gasteiger partial charge is 0.349 e. The molecule has 1 aromatic carbocycles. The first kappa shape index (κ1) is 13.8. The molecule has 0 fully saturated rings. The van der Waals surface area contributed by atoms with Gasteiger partial charge in [0.2, 0.25) is 0 Å². The van der Waals surface area contributed by atoms with Gasteiger partial charge >= 0.3 is 0 Å². The van der Waals surface area contributed by atoms with Gasteiger partial charge in [0.1, 0.15) is 5.82 Å². The molecule has 2 nitrogen and oxygen atoms in total. The maximum absolute atomic E-state index is 13.3. The Bertz CT molecular complexity index is 592. The van der Waals surface area contributed by atoms with Crippen LogP contribution in [0.15, 0.2) is 36.7 Å². The van der Waals surface area contributed by atoms with Gasteiger partial charge in [0, 0.05) is 30.9 Å². The van der Waals surface area contributed by atoms with Crippen LogP contribution in [0.25, 0.3) is 0 Å². The normalized spacial score (nSPS) is 10.7. The lowest BCUT2D eigenvalue weighted by atomic mass is 10.1. The minimum Gasteiger partial charge on any atom is -0.349 e. The van der Waals surface area contributed by atoms with Crippen molar-refractivity contribution in [1.82, 2.24) is 4.57 Å². The molecule has 0 saturated carbocycles. The van der Waals surface area contributed by atoms with Gasteiger partial charge in [-0.05, 0) is 24.1 Å². The standard InChI is InChI=1S/C15H15ClFNO/c1-2-4-14(19)11-7-8-18(9-11)10-12-5-3-6-13(17)15(12)16/h3,5-9H,2,4,10H2,1H3. The van der Waals surface area contributed by atoms with E-state index in [0.29, 0.717) is 24.1 Å². The molecule has 2 rings (SSSR count). The van der Waals surface area contributed by atoms with E-state index < -0.39 is 5.82 Å². The van der Waals surface area contributed by atoms with Crippen LogP contribution < -0.4 is 0 Å². The zero-order chi connectivity index (χ0) is 13.8. The average Bonchev–Trinajstić information content (AvgIpc) is 2.84. The van der Waals surface area contributed by atoms with Crippen LogP contribution in [0.4, 0.5) is 4.39 Å². The third-order valence-corrected chi connectivity index (χ3v) is 3.36. The van der Waals surface area contributed by atoms with Crippen LogP contribution in [0, 0.1) is 5.82 Å². The van der Waals surface area contributed by atoms with Crippen molar-refractivity contribution in [2.45, 2.75) is 26.3 Å². The number of benzene rings is 1. The summed E-state index contributed by atoms with van der Waals surface area (Å²) in [6.07, 6.45) is 4.97. The number of carbonyl (C=O) groups is 1. The maximum Gasteiger partial charge on any atom is 0.164 e. The minimum absolute atomic E-state index is 0.131. The second-order valence-electron chi connectivity index (χ2n) is 4.46. The summed E-state index contributed by atoms with van der Waals surface area (Å²) in [6.45, 7) is 2.43. The van der Waals surface area contributed by atoms with Crippen LogP contribution >= 0.6 is 11.6 Å². The quantitative estimate of drug-likeness (QED) is 0.748. The van der Waals surface area contributed by atoms with E-state index in [2.05, 4.69) is 0 Å². The van der Waals surface area contributed by atoms with E-state index >= 15 is 0 Å². The third kappa shape index (κ3) is 3.24. The second-order valence-corrected chi connectivity index (χ2v) is 4.84. The number of aromatic nitrogens is 1. The Kier molecular flexibility index (Phi) is 4.38. The van der Waals surface area contributed by atoms with Crippen LogP contribution in [0.3, 0.4) is 0 Å². The highest BCUT2D eigenvalue weighted by atomic mass is 35.5. The van der Waals surface area contributed by atoms with Crippen molar-refractivity contribution in [3.8, 4) is 0 Å². The maximum atomic E-state index is 13.3. The lowest BCUT2D eigenvalue weighted by molar-refractivity contribution is 0.0981. The summed E-state index contributed by atoms with van der Waals surface area (Å²) in [5.74, 6) is -0.291. The molecule has 0 aliphatic rings. The van der Waals surface area contributed by atoms with Gasteiger partial charge in [-0.1, -0.05) is 30.7 Å². The Morgan fingerprint density at radius 2 is 2.16 bits per heavy atom. The first-order valence-electron chi connectivity index (χ1n) is 6.23. The average molecular weight is 280 g/mol. The summed E-state index contributed by atoms with van der Waals surface area (Å²) in [6, 6.07) is 6.52. The van der Waals surface area contributed by atoms with Crippen molar-refractivity contribution in [3.05, 3.63) is 58.6 Å². The number of halogens is 2. The molecule has 1 heterocycles. The molecular formula is C15H15ClFNO. The highest BCUT2D eigenvalue weighted by Gasteiger charge is 2.09. The predicted octanol–water partition coefficient (Wildman–Crippen LogP) is 4.31. The number of hydrogen-bond acceptors (Lipinski definition) is 1. The van der Waals surface area contributed by atoms with E-state index in [1.807, 2.05) is 17.7 Å². The second kappa shape index (κ2) is 6.02. The van der Waals surface area contributed by atoms with E-state index in [4.69, 9.17) is 11.6 Å². The first-order valence-corrected chi connectivity index (χ1v) is 6.61. The van der Waals surface area contributed by atoms with Gasteiger partial charge in [0.25, 0.3) is 0 Å². The molecule has 0 amide bonds. The number of hydrogen-bond donors (Lipinski definition) is 0. The van der Waals surface area contributed by atoms with Crippen molar-refractivity contribution in [1.29, 1.82) is 0 Å². The number of ketones is 1. The summed E-state index contributed by atoms with van der Waals surface area (Å²) in [4.78, 5) is 11.7. The zero-order valence-corrected chi connectivity index (χ0v) is 11.5. The zero-order valence-electron chi connectivity index (χ0n) is 10.7. The van der Waals surface area contributed by atoms with Crippen molar-refractivity contribution < 1.29 is 9.18 Å². The number of carbonyl (C=O) groups excluding carboxylic acids is 1. The van der Waals surface area contributed by atoms with E-state index in [9.17, 15) is 9.18 Å². The van der Waals surface area contributed by atoms with Gasteiger partial charge in [-0.3, -0.25) is 4.79 Å². The molecule has 4 heteroatoms. The Labute approximate surface area is 116 Å². The molecule has 0 radical (unpaired) electrons. The highest BCUT2D eigenvalue weighted by molar-refractivity contribution is 6.31. The number of Topliss-reactive ketones (excluding diaryl/α,β-unsaturated/α-hetero) is 1. The Balaban J connectivity index is 2.16. The fourth-order valence-electron chi connectivity index (χ4n) is 1.94. The summed E-state index contributed by atoms with van der Waals surface area (Å²) >= 11 is 5.91. The van der Waals surface area contributed by atoms with Gasteiger partial charge in [0.15, 0.2) is 5.78 Å². The fraction of sp³-hybridized carbons (Fsp3) is 0.267. The first-order chi connectivity index (χ1) is 9.11. The Hall–Kier alpha value is -1.61. The molecule has 19 heavy (non-hydrogen) atoms. The number of nitrogens with zero attached hydrogens (tertiary/aromatic N) is 1. The molecule has 0 aliphatic carbocycles. The third-order valence-electron chi connectivity index (χ3n) is 2.93. The van der Waals surface area contributed by atoms with E-state index in [0.717, 1.165) is 6.42 Å². The van der Waals surface area contributed by atoms with E-state index in [1.165, 1.54) is 6.07 Å². The Morgan fingerprint density at radius 3 is 2.89 bits per heavy atom. The lowest BCUT2D eigenvalue weighted by Gasteiger charge is -2.06. The summed E-state index contributed by atoms with van der Waals surface area (Å²) in [5, 5.41) is 0.137. The predicted molar refractivity (Wildman–Crippen MR) is 74.2 cm³/mol. The van der Waals surface area contributed by atoms with E-state index in [1.54, 1.807) is 24.4 Å². The number of rotatable bonds is 5. The molecule has 0 unspecified atom stereocenters. The van der Waals surface area contributed by atoms with Crippen molar-refractivity contribution >= 4 is 17.4 Å². The summed E-state index contributed by atoms with van der Waals surface area (Å²) in [5.41, 5.74) is 1.39. The summed E-state index contributed by atoms with van der Waals surface area (Å²) < 4.78 is 15.2. The molecular weight excluding hydrogens is 265 g/mol. The molecule has 1 aromatic heterocycles. The van der Waals surface area contributed by atoms with Crippen LogP contribution in [-0.4, -0.2) is 10.4 Å². The van der Waals surface area contributed by atoms with Crippen LogP contribution in [0.1, 0.15) is 35.7 Å². The van der Waals surface area contributed by atoms with Crippen LogP contribution in [0.5, 0.6) is 0 Å². The van der Waals surface area contributed by atoms with Gasteiger partial charge in [-0.2, -0.15) is 0 Å². The van der Waals surface area contributed by atoms with Crippen molar-refractivity contribution in [2.75, 3.05) is 0 Å². The van der Waals surface area contributed by atoms with Crippen molar-refractivity contribution in [2.24, 2.45) is 0 Å². The van der Waals surface area contributed by atoms with Crippen LogP contribution in [-0.2, 0) is 6.54 Å². The molecule has 0 spiro atoms. The monoisotopic (exact) mass is 279 g/mol. The SMILES string of the molecule is CCCC(=O)c1ccn(Cc2cccc(F)c2Cl)c1. The summed E-state index contributed by atoms with van der Waals surface area (Å²) in [7, 11) is 0. The van der Waals surface area contributed by atoms with Gasteiger partial charge in [-0.25, -0.2) is 4.39 Å². The lowest BCUT2D eigenvalue weighted by Crippen LogP contribution is -2.00. The molecule has 0 N–H and O–H groups in total. The molecule has 2 aromatic rings.